The van der Waals surface area contributed by atoms with Crippen LogP contribution in [0.2, 0.25) is 0 Å². The molecule has 0 radical (unpaired) electrons. The Labute approximate surface area is 181 Å². The predicted molar refractivity (Wildman–Crippen MR) is 120 cm³/mol. The van der Waals surface area contributed by atoms with Crippen molar-refractivity contribution in [2.75, 3.05) is 23.8 Å². The van der Waals surface area contributed by atoms with E-state index >= 15 is 0 Å². The van der Waals surface area contributed by atoms with Crippen LogP contribution >= 0.6 is 0 Å². The number of aromatic nitrogens is 2. The topological polar surface area (TPSA) is 97.3 Å². The first-order chi connectivity index (χ1) is 15.1. The van der Waals surface area contributed by atoms with E-state index in [-0.39, 0.29) is 18.0 Å². The van der Waals surface area contributed by atoms with Crippen LogP contribution in [0, 0.1) is 0 Å². The highest BCUT2D eigenvalue weighted by molar-refractivity contribution is 6.05. The standard InChI is InChI=1S/C23H27N5O3/c1-2-31-14-6-13-28-20-10-4-3-9-19(20)26-22(28)27-21(29)16-7-5-8-18(15-16)25-23(30)24-17-11-12-17/h3-5,7-10,15,17H,2,6,11-14H2,1H3,(H2,24,25,30)(H,26,27,29). The van der Waals surface area contributed by atoms with Gasteiger partial charge in [0.15, 0.2) is 0 Å². The molecule has 1 saturated carbocycles. The van der Waals surface area contributed by atoms with Crippen molar-refractivity contribution >= 4 is 34.6 Å². The summed E-state index contributed by atoms with van der Waals surface area (Å²) in [5, 5.41) is 8.57. The van der Waals surface area contributed by atoms with Crippen molar-refractivity contribution in [3.05, 3.63) is 54.1 Å². The minimum absolute atomic E-state index is 0.254. The van der Waals surface area contributed by atoms with Gasteiger partial charge in [0, 0.05) is 37.1 Å². The number of nitrogens with one attached hydrogen (secondary N) is 3. The van der Waals surface area contributed by atoms with Gasteiger partial charge >= 0.3 is 6.03 Å². The molecule has 3 N–H and O–H groups in total. The molecule has 162 valence electrons. The molecule has 3 amide bonds. The molecule has 4 rings (SSSR count). The average Bonchev–Trinajstić information content (AvgIpc) is 3.51. The number of fused-ring (bicyclic) bond motifs is 1. The Balaban J connectivity index is 1.48. The number of para-hydroxylation sites is 2. The van der Waals surface area contributed by atoms with Gasteiger partial charge in [0.2, 0.25) is 5.95 Å². The van der Waals surface area contributed by atoms with Crippen LogP contribution in [0.4, 0.5) is 16.4 Å². The zero-order valence-corrected chi connectivity index (χ0v) is 17.6. The van der Waals surface area contributed by atoms with Gasteiger partial charge in [0.05, 0.1) is 11.0 Å². The summed E-state index contributed by atoms with van der Waals surface area (Å²) >= 11 is 0. The lowest BCUT2D eigenvalue weighted by Crippen LogP contribution is -2.30. The first kappa shape index (κ1) is 20.9. The van der Waals surface area contributed by atoms with Crippen LogP contribution in [0.5, 0.6) is 0 Å². The van der Waals surface area contributed by atoms with Crippen molar-refractivity contribution in [1.29, 1.82) is 0 Å². The highest BCUT2D eigenvalue weighted by Crippen LogP contribution is 2.22. The third kappa shape index (κ3) is 5.40. The molecule has 3 aromatic rings. The first-order valence-electron chi connectivity index (χ1n) is 10.7. The largest absolute Gasteiger partial charge is 0.382 e. The molecular formula is C23H27N5O3. The second-order valence-corrected chi connectivity index (χ2v) is 7.53. The van der Waals surface area contributed by atoms with Gasteiger partial charge in [0.25, 0.3) is 5.91 Å². The number of benzene rings is 2. The minimum atomic E-state index is -0.285. The fourth-order valence-electron chi connectivity index (χ4n) is 3.36. The highest BCUT2D eigenvalue weighted by Gasteiger charge is 2.23. The molecule has 1 heterocycles. The number of carbonyl (C=O) groups is 2. The van der Waals surface area contributed by atoms with Gasteiger partial charge in [-0.3, -0.25) is 10.1 Å². The Morgan fingerprint density at radius 1 is 1.13 bits per heavy atom. The Kier molecular flexibility index (Phi) is 6.47. The van der Waals surface area contributed by atoms with Crippen molar-refractivity contribution in [3.63, 3.8) is 0 Å². The van der Waals surface area contributed by atoms with Gasteiger partial charge in [0.1, 0.15) is 0 Å². The molecular weight excluding hydrogens is 394 g/mol. The van der Waals surface area contributed by atoms with E-state index in [1.807, 2.05) is 35.8 Å². The molecule has 31 heavy (non-hydrogen) atoms. The number of hydrogen-bond donors (Lipinski definition) is 3. The zero-order chi connectivity index (χ0) is 21.6. The number of hydrogen-bond acceptors (Lipinski definition) is 4. The molecule has 2 aromatic carbocycles. The van der Waals surface area contributed by atoms with Crippen LogP contribution < -0.4 is 16.0 Å². The summed E-state index contributed by atoms with van der Waals surface area (Å²) < 4.78 is 7.44. The van der Waals surface area contributed by atoms with Crippen molar-refractivity contribution in [2.45, 2.75) is 38.8 Å². The molecule has 0 aliphatic heterocycles. The van der Waals surface area contributed by atoms with Gasteiger partial charge in [-0.25, -0.2) is 9.78 Å². The van der Waals surface area contributed by atoms with E-state index in [2.05, 4.69) is 20.9 Å². The van der Waals surface area contributed by atoms with Gasteiger partial charge in [-0.2, -0.15) is 0 Å². The lowest BCUT2D eigenvalue weighted by atomic mass is 10.2. The average molecular weight is 422 g/mol. The smallest absolute Gasteiger partial charge is 0.319 e. The zero-order valence-electron chi connectivity index (χ0n) is 17.6. The van der Waals surface area contributed by atoms with E-state index in [9.17, 15) is 9.59 Å². The van der Waals surface area contributed by atoms with Crippen LogP contribution in [0.15, 0.2) is 48.5 Å². The number of rotatable bonds is 9. The molecule has 1 aliphatic rings. The number of aryl methyl sites for hydroxylation is 1. The second kappa shape index (κ2) is 9.61. The van der Waals surface area contributed by atoms with E-state index in [1.165, 1.54) is 0 Å². The Bertz CT molecular complexity index is 1070. The van der Waals surface area contributed by atoms with Gasteiger partial charge in [-0.05, 0) is 56.5 Å². The van der Waals surface area contributed by atoms with Crippen LogP contribution in [-0.4, -0.2) is 40.7 Å². The van der Waals surface area contributed by atoms with E-state index in [0.29, 0.717) is 37.0 Å². The fraction of sp³-hybridized carbons (Fsp3) is 0.348. The quantitative estimate of drug-likeness (QED) is 0.455. The normalized spacial score (nSPS) is 13.2. The Morgan fingerprint density at radius 2 is 1.97 bits per heavy atom. The molecule has 0 spiro atoms. The minimum Gasteiger partial charge on any atom is -0.382 e. The number of imidazole rings is 1. The summed E-state index contributed by atoms with van der Waals surface area (Å²) in [5.41, 5.74) is 2.79. The van der Waals surface area contributed by atoms with Crippen molar-refractivity contribution in [3.8, 4) is 0 Å². The first-order valence-corrected chi connectivity index (χ1v) is 10.7. The van der Waals surface area contributed by atoms with Gasteiger partial charge in [-0.1, -0.05) is 18.2 Å². The molecule has 0 saturated heterocycles. The van der Waals surface area contributed by atoms with Crippen LogP contribution in [0.25, 0.3) is 11.0 Å². The maximum atomic E-state index is 12.9. The molecule has 8 heteroatoms. The lowest BCUT2D eigenvalue weighted by molar-refractivity contribution is 0.102. The van der Waals surface area contributed by atoms with Crippen LogP contribution in [-0.2, 0) is 11.3 Å². The number of anilines is 2. The van der Waals surface area contributed by atoms with Gasteiger partial charge < -0.3 is 19.9 Å². The molecule has 0 atom stereocenters. The molecule has 8 nitrogen and oxygen atoms in total. The lowest BCUT2D eigenvalue weighted by Gasteiger charge is -2.11. The summed E-state index contributed by atoms with van der Waals surface area (Å²) in [4.78, 5) is 29.5. The SMILES string of the molecule is CCOCCCn1c(NC(=O)c2cccc(NC(=O)NC3CC3)c2)nc2ccccc21. The maximum absolute atomic E-state index is 12.9. The summed E-state index contributed by atoms with van der Waals surface area (Å²) in [6.45, 7) is 3.97. The summed E-state index contributed by atoms with van der Waals surface area (Å²) in [6.07, 6.45) is 2.84. The number of carbonyl (C=O) groups excluding carboxylic acids is 2. The number of nitrogens with zero attached hydrogens (tertiary/aromatic N) is 2. The molecule has 0 bridgehead atoms. The number of ether oxygens (including phenoxy) is 1. The molecule has 0 unspecified atom stereocenters. The molecule has 1 fully saturated rings. The predicted octanol–water partition coefficient (Wildman–Crippen LogP) is 4.00. The maximum Gasteiger partial charge on any atom is 0.319 e. The summed E-state index contributed by atoms with van der Waals surface area (Å²) in [5.74, 6) is 0.208. The molecule has 1 aromatic heterocycles. The highest BCUT2D eigenvalue weighted by atomic mass is 16.5. The van der Waals surface area contributed by atoms with E-state index < -0.39 is 0 Å². The third-order valence-corrected chi connectivity index (χ3v) is 5.05. The Morgan fingerprint density at radius 3 is 2.77 bits per heavy atom. The Hall–Kier alpha value is -3.39. The number of urea groups is 1. The van der Waals surface area contributed by atoms with Crippen LogP contribution in [0.1, 0.15) is 36.5 Å². The van der Waals surface area contributed by atoms with Crippen molar-refractivity contribution in [2.24, 2.45) is 0 Å². The summed E-state index contributed by atoms with van der Waals surface area (Å²) in [7, 11) is 0. The van der Waals surface area contributed by atoms with Crippen molar-refractivity contribution in [1.82, 2.24) is 14.9 Å². The second-order valence-electron chi connectivity index (χ2n) is 7.53. The molecule has 1 aliphatic carbocycles. The fourth-order valence-corrected chi connectivity index (χ4v) is 3.36. The van der Waals surface area contributed by atoms with E-state index in [1.54, 1.807) is 24.3 Å². The van der Waals surface area contributed by atoms with E-state index in [4.69, 9.17) is 4.74 Å². The summed E-state index contributed by atoms with van der Waals surface area (Å²) in [6, 6.07) is 14.7. The van der Waals surface area contributed by atoms with Gasteiger partial charge in [-0.15, -0.1) is 0 Å². The monoisotopic (exact) mass is 421 g/mol. The third-order valence-electron chi connectivity index (χ3n) is 5.05. The van der Waals surface area contributed by atoms with E-state index in [0.717, 1.165) is 30.3 Å². The van der Waals surface area contributed by atoms with Crippen molar-refractivity contribution < 1.29 is 14.3 Å². The van der Waals surface area contributed by atoms with Crippen LogP contribution in [0.3, 0.4) is 0 Å². The number of amides is 3.